The van der Waals surface area contributed by atoms with Crippen molar-refractivity contribution in [1.29, 1.82) is 0 Å². The van der Waals surface area contributed by atoms with Crippen LogP contribution in [0.5, 0.6) is 5.75 Å². The number of nitrogens with one attached hydrogen (secondary N) is 1. The van der Waals surface area contributed by atoms with E-state index < -0.39 is 21.8 Å². The number of alkyl halides is 3. The van der Waals surface area contributed by atoms with Crippen molar-refractivity contribution in [2.45, 2.75) is 6.18 Å². The van der Waals surface area contributed by atoms with Crippen LogP contribution in [0.1, 0.15) is 15.9 Å². The Bertz CT molecular complexity index is 1330. The van der Waals surface area contributed by atoms with Gasteiger partial charge in [0.1, 0.15) is 5.75 Å². The van der Waals surface area contributed by atoms with Gasteiger partial charge in [-0.25, -0.2) is 8.42 Å². The van der Waals surface area contributed by atoms with Crippen molar-refractivity contribution in [3.8, 4) is 16.9 Å². The van der Waals surface area contributed by atoms with Crippen molar-refractivity contribution in [2.75, 3.05) is 30.0 Å². The van der Waals surface area contributed by atoms with Gasteiger partial charge in [-0.1, -0.05) is 29.8 Å². The number of ether oxygens (including phenoxy) is 1. The van der Waals surface area contributed by atoms with Crippen LogP contribution >= 0.6 is 11.6 Å². The molecule has 1 N–H and O–H groups in total. The quantitative estimate of drug-likeness (QED) is 0.461. The number of anilines is 2. The van der Waals surface area contributed by atoms with Crippen LogP contribution in [0.4, 0.5) is 24.5 Å². The molecule has 1 amide bonds. The van der Waals surface area contributed by atoms with E-state index in [1.165, 1.54) is 49.4 Å². The minimum atomic E-state index is -4.50. The predicted octanol–water partition coefficient (Wildman–Crippen LogP) is 5.68. The Morgan fingerprint density at radius 1 is 1.03 bits per heavy atom. The molecule has 3 aromatic rings. The lowest BCUT2D eigenvalue weighted by Gasteiger charge is -2.20. The molecular weight excluding hydrogens is 493 g/mol. The fourth-order valence-electron chi connectivity index (χ4n) is 3.21. The lowest BCUT2D eigenvalue weighted by Crippen LogP contribution is -2.26. The third kappa shape index (κ3) is 5.81. The molecule has 0 aromatic heterocycles. The number of methoxy groups -OCH3 is 1. The highest BCUT2D eigenvalue weighted by molar-refractivity contribution is 7.92. The number of amides is 1. The van der Waals surface area contributed by atoms with Crippen LogP contribution in [0.25, 0.3) is 11.1 Å². The van der Waals surface area contributed by atoms with E-state index in [1.54, 1.807) is 18.2 Å². The van der Waals surface area contributed by atoms with E-state index >= 15 is 0 Å². The second-order valence-corrected chi connectivity index (χ2v) is 9.55. The summed E-state index contributed by atoms with van der Waals surface area (Å²) in [6.45, 7) is 0. The Morgan fingerprint density at radius 2 is 1.68 bits per heavy atom. The molecule has 0 aliphatic carbocycles. The molecular formula is C23H20ClF3N2O4S. The van der Waals surface area contributed by atoms with Crippen LogP contribution < -0.4 is 14.4 Å². The predicted molar refractivity (Wildman–Crippen MR) is 126 cm³/mol. The van der Waals surface area contributed by atoms with E-state index in [9.17, 15) is 26.4 Å². The van der Waals surface area contributed by atoms with Crippen molar-refractivity contribution >= 4 is 38.9 Å². The molecule has 0 saturated heterocycles. The maximum Gasteiger partial charge on any atom is 0.416 e. The van der Waals surface area contributed by atoms with Crippen LogP contribution in [0, 0.1) is 0 Å². The van der Waals surface area contributed by atoms with Gasteiger partial charge in [0.2, 0.25) is 10.0 Å². The van der Waals surface area contributed by atoms with E-state index in [2.05, 4.69) is 4.72 Å². The first-order valence-electron chi connectivity index (χ1n) is 9.71. The van der Waals surface area contributed by atoms with Gasteiger partial charge in [0.25, 0.3) is 5.91 Å². The smallest absolute Gasteiger partial charge is 0.416 e. The molecule has 0 heterocycles. The molecule has 0 aliphatic rings. The SMILES string of the molecule is COc1ccc(N(C)C(=O)c2ccc(-c3ccc(C(F)(F)F)cc3Cl)cc2)cc1NS(C)(=O)=O. The minimum absolute atomic E-state index is 0.0600. The van der Waals surface area contributed by atoms with E-state index in [4.69, 9.17) is 16.3 Å². The van der Waals surface area contributed by atoms with Gasteiger partial charge in [-0.15, -0.1) is 0 Å². The molecule has 6 nitrogen and oxygen atoms in total. The number of hydrogen-bond donors (Lipinski definition) is 1. The third-order valence-corrected chi connectivity index (χ3v) is 5.81. The fraction of sp³-hybridized carbons (Fsp3) is 0.174. The Balaban J connectivity index is 1.85. The van der Waals surface area contributed by atoms with Crippen molar-refractivity contribution in [1.82, 2.24) is 0 Å². The standard InChI is InChI=1S/C23H20ClF3N2O4S/c1-29(17-9-11-21(33-2)20(13-17)28-34(3,31)32)22(30)15-6-4-14(5-7-15)18-10-8-16(12-19(18)24)23(25,26)27/h4-13,28H,1-3H3. The zero-order chi connectivity index (χ0) is 25.3. The normalized spacial score (nSPS) is 11.7. The summed E-state index contributed by atoms with van der Waals surface area (Å²) in [4.78, 5) is 14.3. The number of nitrogens with zero attached hydrogens (tertiary/aromatic N) is 1. The van der Waals surface area contributed by atoms with Crippen LogP contribution in [-0.2, 0) is 16.2 Å². The molecule has 11 heteroatoms. The summed E-state index contributed by atoms with van der Waals surface area (Å²) in [6.07, 6.45) is -3.50. The summed E-state index contributed by atoms with van der Waals surface area (Å²) in [5.74, 6) is -0.103. The summed E-state index contributed by atoms with van der Waals surface area (Å²) in [5.41, 5.74) is 0.985. The van der Waals surface area contributed by atoms with Crippen LogP contribution in [0.15, 0.2) is 60.7 Å². The van der Waals surface area contributed by atoms with Crippen molar-refractivity contribution < 1.29 is 31.1 Å². The molecule has 0 unspecified atom stereocenters. The van der Waals surface area contributed by atoms with E-state index in [1.807, 2.05) is 0 Å². The van der Waals surface area contributed by atoms with Gasteiger partial charge < -0.3 is 9.64 Å². The lowest BCUT2D eigenvalue weighted by molar-refractivity contribution is -0.137. The van der Waals surface area contributed by atoms with Crippen molar-refractivity contribution in [2.24, 2.45) is 0 Å². The zero-order valence-corrected chi connectivity index (χ0v) is 19.8. The highest BCUT2D eigenvalue weighted by Gasteiger charge is 2.31. The maximum absolute atomic E-state index is 13.0. The number of carbonyl (C=O) groups is 1. The first-order valence-corrected chi connectivity index (χ1v) is 12.0. The van der Waals surface area contributed by atoms with Crippen molar-refractivity contribution in [3.05, 3.63) is 76.8 Å². The van der Waals surface area contributed by atoms with Gasteiger partial charge in [-0.05, 0) is 48.0 Å². The number of halogens is 4. The summed E-state index contributed by atoms with van der Waals surface area (Å²) >= 11 is 6.05. The first kappa shape index (κ1) is 25.4. The molecule has 34 heavy (non-hydrogen) atoms. The summed E-state index contributed by atoms with van der Waals surface area (Å²) in [6, 6.07) is 13.9. The molecule has 0 fully saturated rings. The molecule has 0 bridgehead atoms. The highest BCUT2D eigenvalue weighted by Crippen LogP contribution is 2.36. The molecule has 0 radical (unpaired) electrons. The maximum atomic E-state index is 13.0. The van der Waals surface area contributed by atoms with E-state index in [0.29, 0.717) is 22.4 Å². The zero-order valence-electron chi connectivity index (χ0n) is 18.3. The summed E-state index contributed by atoms with van der Waals surface area (Å²) in [7, 11) is -0.663. The van der Waals surface area contributed by atoms with Crippen LogP contribution in [-0.4, -0.2) is 34.7 Å². The monoisotopic (exact) mass is 512 g/mol. The number of rotatable bonds is 6. The number of carbonyl (C=O) groups excluding carboxylic acids is 1. The van der Waals surface area contributed by atoms with Crippen LogP contribution in [0.3, 0.4) is 0 Å². The molecule has 180 valence electrons. The van der Waals surface area contributed by atoms with Gasteiger partial charge in [-0.3, -0.25) is 9.52 Å². The molecule has 3 rings (SSSR count). The third-order valence-electron chi connectivity index (χ3n) is 4.91. The van der Waals surface area contributed by atoms with Gasteiger partial charge in [0.05, 0.1) is 24.6 Å². The summed E-state index contributed by atoms with van der Waals surface area (Å²) in [5, 5.41) is -0.0600. The Kier molecular flexibility index (Phi) is 7.13. The average molecular weight is 513 g/mol. The molecule has 0 spiro atoms. The highest BCUT2D eigenvalue weighted by atomic mass is 35.5. The van der Waals surface area contributed by atoms with Gasteiger partial charge >= 0.3 is 6.18 Å². The van der Waals surface area contributed by atoms with E-state index in [0.717, 1.165) is 18.4 Å². The van der Waals surface area contributed by atoms with Crippen molar-refractivity contribution in [3.63, 3.8) is 0 Å². The minimum Gasteiger partial charge on any atom is -0.495 e. The van der Waals surface area contributed by atoms with Gasteiger partial charge in [0, 0.05) is 28.9 Å². The Labute approximate surface area is 200 Å². The summed E-state index contributed by atoms with van der Waals surface area (Å²) < 4.78 is 69.4. The molecule has 0 aliphatic heterocycles. The lowest BCUT2D eigenvalue weighted by atomic mass is 10.0. The number of sulfonamides is 1. The fourth-order valence-corrected chi connectivity index (χ4v) is 4.06. The van der Waals surface area contributed by atoms with Gasteiger partial charge in [0.15, 0.2) is 0 Å². The number of hydrogen-bond acceptors (Lipinski definition) is 4. The largest absolute Gasteiger partial charge is 0.495 e. The molecule has 0 atom stereocenters. The Hall–Kier alpha value is -3.24. The molecule has 0 saturated carbocycles. The van der Waals surface area contributed by atoms with E-state index in [-0.39, 0.29) is 22.4 Å². The average Bonchev–Trinajstić information content (AvgIpc) is 2.76. The second-order valence-electron chi connectivity index (χ2n) is 7.39. The topological polar surface area (TPSA) is 75.7 Å². The Morgan fingerprint density at radius 3 is 2.21 bits per heavy atom. The first-order chi connectivity index (χ1) is 15.8. The number of benzene rings is 3. The second kappa shape index (κ2) is 9.55. The van der Waals surface area contributed by atoms with Crippen LogP contribution in [0.2, 0.25) is 5.02 Å². The molecule has 3 aromatic carbocycles. The van der Waals surface area contributed by atoms with Gasteiger partial charge in [-0.2, -0.15) is 13.2 Å².